The van der Waals surface area contributed by atoms with Gasteiger partial charge in [0.15, 0.2) is 0 Å². The molecule has 0 saturated carbocycles. The van der Waals surface area contributed by atoms with Crippen molar-refractivity contribution >= 4 is 47.7 Å². The van der Waals surface area contributed by atoms with Gasteiger partial charge in [-0.2, -0.15) is 0 Å². The van der Waals surface area contributed by atoms with E-state index < -0.39 is 20.9 Å². The molecule has 6 aromatic rings. The zero-order chi connectivity index (χ0) is 29.4. The van der Waals surface area contributed by atoms with Crippen LogP contribution in [0.4, 0.5) is 0 Å². The summed E-state index contributed by atoms with van der Waals surface area (Å²) in [5.74, 6) is 0. The summed E-state index contributed by atoms with van der Waals surface area (Å²) in [5, 5.41) is 22.0. The van der Waals surface area contributed by atoms with Gasteiger partial charge in [-0.3, -0.25) is 0 Å². The van der Waals surface area contributed by atoms with E-state index in [-0.39, 0.29) is 17.1 Å². The largest absolute Gasteiger partial charge is 0.328 e. The van der Waals surface area contributed by atoms with Crippen molar-refractivity contribution in [3.63, 3.8) is 0 Å². The summed E-state index contributed by atoms with van der Waals surface area (Å²) in [6.45, 7) is 0. The Balaban J connectivity index is 0.000000206. The SMILES string of the molecule is O=[N+]([O-])O.[Cu].c1ccc(P(c2ccccc2)c2ccccc2)cc1.c1ccc(P(c2ccccc2)c2ccccc2)cc1. The first-order chi connectivity index (χ1) is 20.6. The van der Waals surface area contributed by atoms with E-state index in [4.69, 9.17) is 15.3 Å². The van der Waals surface area contributed by atoms with E-state index in [1.165, 1.54) is 31.8 Å². The van der Waals surface area contributed by atoms with Crippen LogP contribution in [0.25, 0.3) is 0 Å². The molecule has 0 heterocycles. The fraction of sp³-hybridized carbons (Fsp3) is 0. The molecule has 0 atom stereocenters. The first kappa shape index (κ1) is 33.4. The molecule has 219 valence electrons. The summed E-state index contributed by atoms with van der Waals surface area (Å²) in [6, 6.07) is 64.7. The van der Waals surface area contributed by atoms with Gasteiger partial charge in [0, 0.05) is 17.1 Å². The Morgan fingerprint density at radius 3 is 0.605 bits per heavy atom. The van der Waals surface area contributed by atoms with Crippen molar-refractivity contribution in [2.75, 3.05) is 0 Å². The second kappa shape index (κ2) is 18.4. The predicted molar refractivity (Wildman–Crippen MR) is 179 cm³/mol. The molecular formula is C36H31CuNO3P2. The van der Waals surface area contributed by atoms with Crippen molar-refractivity contribution in [1.82, 2.24) is 0 Å². The van der Waals surface area contributed by atoms with Gasteiger partial charge in [0.05, 0.1) is 0 Å². The van der Waals surface area contributed by atoms with Gasteiger partial charge in [0.25, 0.3) is 5.09 Å². The molecule has 0 aliphatic heterocycles. The molecule has 0 unspecified atom stereocenters. The fourth-order valence-electron chi connectivity index (χ4n) is 4.36. The van der Waals surface area contributed by atoms with Crippen LogP contribution in [0.2, 0.25) is 0 Å². The molecule has 0 fully saturated rings. The van der Waals surface area contributed by atoms with Gasteiger partial charge in [0.1, 0.15) is 0 Å². The minimum absolute atomic E-state index is 0. The van der Waals surface area contributed by atoms with Crippen molar-refractivity contribution in [2.45, 2.75) is 0 Å². The summed E-state index contributed by atoms with van der Waals surface area (Å²) in [6.07, 6.45) is 0. The van der Waals surface area contributed by atoms with Crippen molar-refractivity contribution < 1.29 is 27.4 Å². The van der Waals surface area contributed by atoms with Gasteiger partial charge in [0.2, 0.25) is 0 Å². The number of nitrogens with zero attached hydrogens (tertiary/aromatic N) is 1. The first-order valence-electron chi connectivity index (χ1n) is 13.4. The molecule has 4 nitrogen and oxygen atoms in total. The van der Waals surface area contributed by atoms with E-state index >= 15 is 0 Å². The van der Waals surface area contributed by atoms with Gasteiger partial charge in [-0.05, 0) is 47.7 Å². The van der Waals surface area contributed by atoms with Gasteiger partial charge >= 0.3 is 0 Å². The molecule has 6 rings (SSSR count). The minimum Gasteiger partial charge on any atom is -0.328 e. The third-order valence-electron chi connectivity index (χ3n) is 6.09. The van der Waals surface area contributed by atoms with E-state index in [0.717, 1.165) is 0 Å². The van der Waals surface area contributed by atoms with Gasteiger partial charge in [-0.15, -0.1) is 10.1 Å². The summed E-state index contributed by atoms with van der Waals surface area (Å²) in [7, 11) is -0.892. The topological polar surface area (TPSA) is 63.4 Å². The van der Waals surface area contributed by atoms with Crippen molar-refractivity contribution in [2.24, 2.45) is 0 Å². The molecule has 1 radical (unpaired) electrons. The zero-order valence-electron chi connectivity index (χ0n) is 23.2. The Hall–Kier alpha value is -4.10. The predicted octanol–water partition coefficient (Wildman–Crippen LogP) is 6.54. The van der Waals surface area contributed by atoms with Gasteiger partial charge < -0.3 is 5.21 Å². The Kier molecular flexibility index (Phi) is 14.3. The maximum Gasteiger partial charge on any atom is 0.291 e. The zero-order valence-corrected chi connectivity index (χ0v) is 26.0. The monoisotopic (exact) mass is 650 g/mol. The second-order valence-electron chi connectivity index (χ2n) is 8.92. The van der Waals surface area contributed by atoms with Crippen molar-refractivity contribution in [1.29, 1.82) is 0 Å². The van der Waals surface area contributed by atoms with Crippen LogP contribution < -0.4 is 31.8 Å². The Morgan fingerprint density at radius 2 is 0.488 bits per heavy atom. The van der Waals surface area contributed by atoms with Crippen LogP contribution in [0.5, 0.6) is 0 Å². The second-order valence-corrected chi connectivity index (χ2v) is 13.4. The third-order valence-corrected chi connectivity index (χ3v) is 11.0. The standard InChI is InChI=1S/2C18H15P.Cu.HNO3/c2*1-4-10-16(11-5-1)19(17-12-6-2-7-13-17)18-14-8-3-9-15-18;;2-1(3)4/h2*1-15H;;(H,2,3,4). The fourth-order valence-corrected chi connectivity index (χ4v) is 8.97. The smallest absolute Gasteiger partial charge is 0.291 e. The molecule has 43 heavy (non-hydrogen) atoms. The average Bonchev–Trinajstić information content (AvgIpc) is 3.05. The van der Waals surface area contributed by atoms with Gasteiger partial charge in [-0.25, -0.2) is 0 Å². The molecule has 0 amide bonds. The van der Waals surface area contributed by atoms with E-state index in [2.05, 4.69) is 182 Å². The van der Waals surface area contributed by atoms with Crippen LogP contribution in [0.15, 0.2) is 182 Å². The first-order valence-corrected chi connectivity index (χ1v) is 16.1. The van der Waals surface area contributed by atoms with Crippen LogP contribution in [0, 0.1) is 10.1 Å². The molecule has 0 spiro atoms. The Morgan fingerprint density at radius 1 is 0.372 bits per heavy atom. The van der Waals surface area contributed by atoms with E-state index in [0.29, 0.717) is 0 Å². The van der Waals surface area contributed by atoms with Crippen LogP contribution >= 0.6 is 15.8 Å². The summed E-state index contributed by atoms with van der Waals surface area (Å²) >= 11 is 0. The van der Waals surface area contributed by atoms with Crippen LogP contribution in [0.3, 0.4) is 0 Å². The maximum absolute atomic E-state index is 8.36. The molecule has 0 aliphatic rings. The quantitative estimate of drug-likeness (QED) is 0.0964. The van der Waals surface area contributed by atoms with Crippen molar-refractivity contribution in [3.8, 4) is 0 Å². The number of rotatable bonds is 6. The molecule has 0 aliphatic carbocycles. The van der Waals surface area contributed by atoms with E-state index in [1.807, 2.05) is 0 Å². The normalized spacial score (nSPS) is 9.91. The third kappa shape index (κ3) is 10.6. The number of hydrogen-bond acceptors (Lipinski definition) is 2. The molecule has 0 saturated heterocycles. The molecule has 0 bridgehead atoms. The Bertz CT molecular complexity index is 1290. The number of benzene rings is 6. The maximum atomic E-state index is 8.36. The summed E-state index contributed by atoms with van der Waals surface area (Å²) < 4.78 is 0. The molecule has 1 N–H and O–H groups in total. The van der Waals surface area contributed by atoms with E-state index in [9.17, 15) is 0 Å². The minimum atomic E-state index is -1.50. The summed E-state index contributed by atoms with van der Waals surface area (Å²) in [5.41, 5.74) is 0. The average molecular weight is 651 g/mol. The van der Waals surface area contributed by atoms with Crippen LogP contribution in [0.1, 0.15) is 0 Å². The van der Waals surface area contributed by atoms with Crippen LogP contribution in [-0.2, 0) is 17.1 Å². The molecule has 6 aromatic carbocycles. The number of hydrogen-bond donors (Lipinski definition) is 1. The van der Waals surface area contributed by atoms with Crippen LogP contribution in [-0.4, -0.2) is 10.3 Å². The van der Waals surface area contributed by atoms with Crippen molar-refractivity contribution in [3.05, 3.63) is 192 Å². The molecule has 0 aromatic heterocycles. The summed E-state index contributed by atoms with van der Waals surface area (Å²) in [4.78, 5) is 8.36. The molecular weight excluding hydrogens is 620 g/mol. The van der Waals surface area contributed by atoms with E-state index in [1.54, 1.807) is 0 Å². The van der Waals surface area contributed by atoms with Gasteiger partial charge in [-0.1, -0.05) is 182 Å². The Labute approximate surface area is 266 Å². The molecule has 7 heteroatoms.